The van der Waals surface area contributed by atoms with Crippen LogP contribution in [-0.4, -0.2) is 20.9 Å². The second-order valence-corrected chi connectivity index (χ2v) is 6.81. The largest absolute Gasteiger partial charge is 0.326 e. The van der Waals surface area contributed by atoms with Crippen LogP contribution in [0.25, 0.3) is 0 Å². The summed E-state index contributed by atoms with van der Waals surface area (Å²) >= 11 is 0. The molecule has 1 aliphatic carbocycles. The van der Waals surface area contributed by atoms with E-state index in [1.54, 1.807) is 12.1 Å². The van der Waals surface area contributed by atoms with Gasteiger partial charge in [-0.3, -0.25) is 4.79 Å². The number of nitrogens with one attached hydrogen (secondary N) is 2. The van der Waals surface area contributed by atoms with E-state index < -0.39 is 10.0 Å². The fourth-order valence-electron chi connectivity index (χ4n) is 1.80. The number of amides is 1. The van der Waals surface area contributed by atoms with Crippen molar-refractivity contribution < 1.29 is 13.2 Å². The molecule has 0 radical (unpaired) electrons. The molecular weight excluding hydrogens is 276 g/mol. The molecule has 0 aliphatic heterocycles. The minimum atomic E-state index is -3.50. The van der Waals surface area contributed by atoms with Crippen molar-refractivity contribution in [3.05, 3.63) is 24.3 Å². The smallest absolute Gasteiger partial charge is 0.240 e. The summed E-state index contributed by atoms with van der Waals surface area (Å²) in [6.07, 6.45) is 3.57. The lowest BCUT2D eigenvalue weighted by Crippen LogP contribution is -2.25. The third kappa shape index (κ3) is 4.05. The second kappa shape index (κ2) is 6.37. The van der Waals surface area contributed by atoms with Crippen LogP contribution in [0.2, 0.25) is 0 Å². The van der Waals surface area contributed by atoms with Gasteiger partial charge in [-0.1, -0.05) is 19.4 Å². The van der Waals surface area contributed by atoms with Crippen molar-refractivity contribution in [2.75, 3.05) is 11.9 Å². The number of hydrogen-bond acceptors (Lipinski definition) is 3. The SMILES string of the molecule is CCCCNS(=O)(=O)c1cccc(NC(=O)C2CC2)c1. The van der Waals surface area contributed by atoms with Crippen LogP contribution in [0.5, 0.6) is 0 Å². The number of benzene rings is 1. The standard InChI is InChI=1S/C14H20N2O3S/c1-2-3-9-15-20(18,19)13-6-4-5-12(10-13)16-14(17)11-7-8-11/h4-6,10-11,15H,2-3,7-9H2,1H3,(H,16,17). The molecule has 0 aromatic heterocycles. The van der Waals surface area contributed by atoms with Gasteiger partial charge in [0.2, 0.25) is 15.9 Å². The van der Waals surface area contributed by atoms with Crippen LogP contribution in [-0.2, 0) is 14.8 Å². The van der Waals surface area contributed by atoms with Crippen LogP contribution in [0.1, 0.15) is 32.6 Å². The number of anilines is 1. The van der Waals surface area contributed by atoms with Crippen molar-refractivity contribution in [1.82, 2.24) is 4.72 Å². The number of hydrogen-bond donors (Lipinski definition) is 2. The fourth-order valence-corrected chi connectivity index (χ4v) is 2.92. The number of unbranched alkanes of at least 4 members (excludes halogenated alkanes) is 1. The van der Waals surface area contributed by atoms with Crippen LogP contribution in [0, 0.1) is 5.92 Å². The Labute approximate surface area is 119 Å². The van der Waals surface area contributed by atoms with Gasteiger partial charge >= 0.3 is 0 Å². The average Bonchev–Trinajstić information content (AvgIpc) is 3.23. The first kappa shape index (κ1) is 15.0. The van der Waals surface area contributed by atoms with Gasteiger partial charge in [0, 0.05) is 18.2 Å². The molecule has 1 aliphatic rings. The molecule has 1 aromatic carbocycles. The Balaban J connectivity index is 2.06. The minimum absolute atomic E-state index is 0.0292. The molecule has 6 heteroatoms. The van der Waals surface area contributed by atoms with E-state index in [4.69, 9.17) is 0 Å². The predicted octanol–water partition coefficient (Wildman–Crippen LogP) is 2.11. The maximum absolute atomic E-state index is 12.1. The number of rotatable bonds is 7. The normalized spacial score (nSPS) is 15.1. The average molecular weight is 296 g/mol. The van der Waals surface area contributed by atoms with E-state index in [1.807, 2.05) is 6.92 Å². The summed E-state index contributed by atoms with van der Waals surface area (Å²) in [4.78, 5) is 11.9. The van der Waals surface area contributed by atoms with Crippen LogP contribution >= 0.6 is 0 Å². The van der Waals surface area contributed by atoms with Gasteiger partial charge in [-0.15, -0.1) is 0 Å². The molecule has 0 heterocycles. The van der Waals surface area contributed by atoms with Crippen LogP contribution < -0.4 is 10.0 Å². The maximum Gasteiger partial charge on any atom is 0.240 e. The van der Waals surface area contributed by atoms with Gasteiger partial charge in [-0.2, -0.15) is 0 Å². The molecule has 1 aromatic rings. The number of carbonyl (C=O) groups is 1. The zero-order valence-electron chi connectivity index (χ0n) is 11.6. The summed E-state index contributed by atoms with van der Waals surface area (Å²) in [6.45, 7) is 2.43. The Bertz CT molecular complexity index is 580. The first-order chi connectivity index (χ1) is 9.53. The lowest BCUT2D eigenvalue weighted by atomic mass is 10.3. The Morgan fingerprint density at radius 1 is 1.35 bits per heavy atom. The number of carbonyl (C=O) groups excluding carboxylic acids is 1. The van der Waals surface area contributed by atoms with E-state index in [2.05, 4.69) is 10.0 Å². The van der Waals surface area contributed by atoms with E-state index in [-0.39, 0.29) is 16.7 Å². The molecule has 1 saturated carbocycles. The van der Waals surface area contributed by atoms with E-state index in [9.17, 15) is 13.2 Å². The van der Waals surface area contributed by atoms with Gasteiger partial charge < -0.3 is 5.32 Å². The first-order valence-corrected chi connectivity index (χ1v) is 8.42. The summed E-state index contributed by atoms with van der Waals surface area (Å²) in [5.74, 6) is 0.0661. The van der Waals surface area contributed by atoms with Crippen molar-refractivity contribution in [2.45, 2.75) is 37.5 Å². The molecule has 2 N–H and O–H groups in total. The molecule has 2 rings (SSSR count). The molecule has 110 valence electrons. The van der Waals surface area contributed by atoms with Crippen LogP contribution in [0.3, 0.4) is 0 Å². The zero-order valence-corrected chi connectivity index (χ0v) is 12.4. The first-order valence-electron chi connectivity index (χ1n) is 6.93. The highest BCUT2D eigenvalue weighted by molar-refractivity contribution is 7.89. The molecular formula is C14H20N2O3S. The Hall–Kier alpha value is -1.40. The summed E-state index contributed by atoms with van der Waals surface area (Å²) in [5, 5.41) is 2.75. The Morgan fingerprint density at radius 3 is 2.75 bits per heavy atom. The highest BCUT2D eigenvalue weighted by Gasteiger charge is 2.29. The van der Waals surface area contributed by atoms with Crippen molar-refractivity contribution >= 4 is 21.6 Å². The Kier molecular flexibility index (Phi) is 4.77. The van der Waals surface area contributed by atoms with Gasteiger partial charge in [0.15, 0.2) is 0 Å². The molecule has 0 atom stereocenters. The molecule has 0 saturated heterocycles. The molecule has 0 spiro atoms. The fraction of sp³-hybridized carbons (Fsp3) is 0.500. The van der Waals surface area contributed by atoms with Crippen LogP contribution in [0.4, 0.5) is 5.69 Å². The third-order valence-corrected chi connectivity index (χ3v) is 4.64. The van der Waals surface area contributed by atoms with E-state index in [1.165, 1.54) is 12.1 Å². The Morgan fingerprint density at radius 2 is 2.10 bits per heavy atom. The van der Waals surface area contributed by atoms with E-state index in [0.717, 1.165) is 25.7 Å². The van der Waals surface area contributed by atoms with Gasteiger partial charge in [0.25, 0.3) is 0 Å². The monoisotopic (exact) mass is 296 g/mol. The summed E-state index contributed by atoms with van der Waals surface area (Å²) < 4.78 is 26.7. The highest BCUT2D eigenvalue weighted by Crippen LogP contribution is 2.30. The molecule has 20 heavy (non-hydrogen) atoms. The van der Waals surface area contributed by atoms with Crippen molar-refractivity contribution in [3.8, 4) is 0 Å². The summed E-state index contributed by atoms with van der Waals surface area (Å²) in [7, 11) is -3.50. The lowest BCUT2D eigenvalue weighted by molar-refractivity contribution is -0.117. The lowest BCUT2D eigenvalue weighted by Gasteiger charge is -2.09. The minimum Gasteiger partial charge on any atom is -0.326 e. The van der Waals surface area contributed by atoms with Crippen molar-refractivity contribution in [2.24, 2.45) is 5.92 Å². The van der Waals surface area contributed by atoms with Crippen molar-refractivity contribution in [3.63, 3.8) is 0 Å². The molecule has 0 bridgehead atoms. The van der Waals surface area contributed by atoms with Crippen LogP contribution in [0.15, 0.2) is 29.2 Å². The van der Waals surface area contributed by atoms with Gasteiger partial charge in [0.05, 0.1) is 4.90 Å². The topological polar surface area (TPSA) is 75.3 Å². The predicted molar refractivity (Wildman–Crippen MR) is 77.9 cm³/mol. The van der Waals surface area contributed by atoms with E-state index >= 15 is 0 Å². The summed E-state index contributed by atoms with van der Waals surface area (Å²) in [6, 6.07) is 6.36. The molecule has 1 amide bonds. The highest BCUT2D eigenvalue weighted by atomic mass is 32.2. The maximum atomic E-state index is 12.1. The zero-order chi connectivity index (χ0) is 14.6. The van der Waals surface area contributed by atoms with Crippen molar-refractivity contribution in [1.29, 1.82) is 0 Å². The molecule has 5 nitrogen and oxygen atoms in total. The molecule has 0 unspecified atom stereocenters. The third-order valence-electron chi connectivity index (χ3n) is 3.18. The second-order valence-electron chi connectivity index (χ2n) is 5.04. The summed E-state index contributed by atoms with van der Waals surface area (Å²) in [5.41, 5.74) is 0.528. The quantitative estimate of drug-likeness (QED) is 0.757. The number of sulfonamides is 1. The van der Waals surface area contributed by atoms with Gasteiger partial charge in [-0.05, 0) is 37.5 Å². The molecule has 1 fully saturated rings. The van der Waals surface area contributed by atoms with E-state index in [0.29, 0.717) is 12.2 Å². The van der Waals surface area contributed by atoms with Gasteiger partial charge in [-0.25, -0.2) is 13.1 Å². The van der Waals surface area contributed by atoms with Gasteiger partial charge in [0.1, 0.15) is 0 Å².